The van der Waals surface area contributed by atoms with E-state index < -0.39 is 6.10 Å². The standard InChI is InChI=1S/C15H22O2S/c1-11(16)15-13(17-2)8-5-9-14(15)18-10-12-6-3-4-7-12/h5,8-9,11-12,16H,3-4,6-7,10H2,1-2H3/t11-/m1/s1. The van der Waals surface area contributed by atoms with Crippen LogP contribution in [0.4, 0.5) is 0 Å². The predicted octanol–water partition coefficient (Wildman–Crippen LogP) is 4.03. The summed E-state index contributed by atoms with van der Waals surface area (Å²) in [6, 6.07) is 6.01. The quantitative estimate of drug-likeness (QED) is 0.816. The molecule has 1 atom stereocenters. The topological polar surface area (TPSA) is 29.5 Å². The van der Waals surface area contributed by atoms with Gasteiger partial charge >= 0.3 is 0 Å². The van der Waals surface area contributed by atoms with Crippen LogP contribution in [0.3, 0.4) is 0 Å². The predicted molar refractivity (Wildman–Crippen MR) is 76.3 cm³/mol. The Bertz CT molecular complexity index is 384. The summed E-state index contributed by atoms with van der Waals surface area (Å²) >= 11 is 1.86. The highest BCUT2D eigenvalue weighted by atomic mass is 32.2. The molecule has 1 aliphatic rings. The van der Waals surface area contributed by atoms with E-state index in [9.17, 15) is 5.11 Å². The summed E-state index contributed by atoms with van der Waals surface area (Å²) in [6.07, 6.45) is 5.01. The van der Waals surface area contributed by atoms with E-state index in [1.54, 1.807) is 14.0 Å². The van der Waals surface area contributed by atoms with Crippen molar-refractivity contribution in [2.75, 3.05) is 12.9 Å². The average Bonchev–Trinajstić information content (AvgIpc) is 2.88. The van der Waals surface area contributed by atoms with Gasteiger partial charge in [-0.15, -0.1) is 11.8 Å². The highest BCUT2D eigenvalue weighted by Gasteiger charge is 2.18. The lowest BCUT2D eigenvalue weighted by atomic mass is 10.1. The molecule has 0 aromatic heterocycles. The molecule has 2 nitrogen and oxygen atoms in total. The molecule has 1 saturated carbocycles. The van der Waals surface area contributed by atoms with Crippen molar-refractivity contribution < 1.29 is 9.84 Å². The van der Waals surface area contributed by atoms with Gasteiger partial charge in [0, 0.05) is 16.2 Å². The van der Waals surface area contributed by atoms with Crippen LogP contribution >= 0.6 is 11.8 Å². The second-order valence-electron chi connectivity index (χ2n) is 5.01. The zero-order chi connectivity index (χ0) is 13.0. The minimum absolute atomic E-state index is 0.479. The lowest BCUT2D eigenvalue weighted by Gasteiger charge is -2.17. The largest absolute Gasteiger partial charge is 0.496 e. The Balaban J connectivity index is 2.10. The van der Waals surface area contributed by atoms with Crippen molar-refractivity contribution in [3.8, 4) is 5.75 Å². The number of hydrogen-bond donors (Lipinski definition) is 1. The van der Waals surface area contributed by atoms with Gasteiger partial charge in [-0.1, -0.05) is 18.9 Å². The molecule has 0 spiro atoms. The first-order valence-corrected chi connectivity index (χ1v) is 7.68. The van der Waals surface area contributed by atoms with Gasteiger partial charge in [0.25, 0.3) is 0 Å². The molecule has 0 saturated heterocycles. The molecule has 2 rings (SSSR count). The van der Waals surface area contributed by atoms with Crippen LogP contribution < -0.4 is 4.74 Å². The molecular weight excluding hydrogens is 244 g/mol. The highest BCUT2D eigenvalue weighted by molar-refractivity contribution is 7.99. The van der Waals surface area contributed by atoms with Gasteiger partial charge in [-0.3, -0.25) is 0 Å². The molecule has 1 N–H and O–H groups in total. The Kier molecular flexibility index (Phi) is 4.95. The molecule has 0 unspecified atom stereocenters. The number of aliphatic hydroxyl groups is 1. The Hall–Kier alpha value is -0.670. The maximum absolute atomic E-state index is 9.92. The third kappa shape index (κ3) is 3.21. The van der Waals surface area contributed by atoms with Gasteiger partial charge in [0.05, 0.1) is 13.2 Å². The summed E-state index contributed by atoms with van der Waals surface area (Å²) in [4.78, 5) is 1.16. The molecule has 0 radical (unpaired) electrons. The van der Waals surface area contributed by atoms with Gasteiger partial charge in [0.2, 0.25) is 0 Å². The summed E-state index contributed by atoms with van der Waals surface area (Å²) in [5, 5.41) is 9.92. The minimum Gasteiger partial charge on any atom is -0.496 e. The number of methoxy groups -OCH3 is 1. The van der Waals surface area contributed by atoms with Gasteiger partial charge in [0.15, 0.2) is 0 Å². The van der Waals surface area contributed by atoms with Crippen molar-refractivity contribution in [2.24, 2.45) is 5.92 Å². The molecule has 1 aliphatic carbocycles. The SMILES string of the molecule is COc1cccc(SCC2CCCC2)c1[C@@H](C)O. The van der Waals surface area contributed by atoms with Crippen molar-refractivity contribution >= 4 is 11.8 Å². The number of rotatable bonds is 5. The number of aliphatic hydroxyl groups excluding tert-OH is 1. The number of ether oxygens (including phenoxy) is 1. The fourth-order valence-corrected chi connectivity index (χ4v) is 3.97. The van der Waals surface area contributed by atoms with E-state index in [0.29, 0.717) is 0 Å². The lowest BCUT2D eigenvalue weighted by molar-refractivity contribution is 0.191. The zero-order valence-electron chi connectivity index (χ0n) is 11.2. The van der Waals surface area contributed by atoms with E-state index in [4.69, 9.17) is 4.74 Å². The number of benzene rings is 1. The smallest absolute Gasteiger partial charge is 0.125 e. The Morgan fingerprint density at radius 2 is 2.11 bits per heavy atom. The maximum Gasteiger partial charge on any atom is 0.125 e. The molecule has 3 heteroatoms. The number of thioether (sulfide) groups is 1. The molecule has 1 aromatic carbocycles. The molecule has 100 valence electrons. The first-order valence-electron chi connectivity index (χ1n) is 6.70. The van der Waals surface area contributed by atoms with Gasteiger partial charge in [0.1, 0.15) is 5.75 Å². The average molecular weight is 266 g/mol. The van der Waals surface area contributed by atoms with Crippen molar-refractivity contribution in [3.63, 3.8) is 0 Å². The van der Waals surface area contributed by atoms with E-state index in [1.165, 1.54) is 25.7 Å². The van der Waals surface area contributed by atoms with Crippen molar-refractivity contribution in [2.45, 2.75) is 43.6 Å². The van der Waals surface area contributed by atoms with E-state index in [0.717, 1.165) is 27.9 Å². The summed E-state index contributed by atoms with van der Waals surface area (Å²) < 4.78 is 5.35. The van der Waals surface area contributed by atoms with E-state index in [2.05, 4.69) is 6.07 Å². The Labute approximate surface area is 114 Å². The van der Waals surface area contributed by atoms with Crippen LogP contribution in [0.15, 0.2) is 23.1 Å². The van der Waals surface area contributed by atoms with Crippen LogP contribution in [-0.4, -0.2) is 18.0 Å². The fourth-order valence-electron chi connectivity index (χ4n) is 2.62. The normalized spacial score (nSPS) is 17.9. The first kappa shape index (κ1) is 13.8. The Morgan fingerprint density at radius 1 is 1.39 bits per heavy atom. The minimum atomic E-state index is -0.479. The third-order valence-electron chi connectivity index (χ3n) is 3.61. The Morgan fingerprint density at radius 3 is 2.72 bits per heavy atom. The molecule has 0 bridgehead atoms. The van der Waals surface area contributed by atoms with Crippen molar-refractivity contribution in [3.05, 3.63) is 23.8 Å². The molecule has 0 heterocycles. The second-order valence-corrected chi connectivity index (χ2v) is 6.07. The van der Waals surface area contributed by atoms with Crippen LogP contribution in [0.2, 0.25) is 0 Å². The van der Waals surface area contributed by atoms with Crippen LogP contribution in [0.25, 0.3) is 0 Å². The molecular formula is C15H22O2S. The van der Waals surface area contributed by atoms with Crippen molar-refractivity contribution in [1.29, 1.82) is 0 Å². The summed E-state index contributed by atoms with van der Waals surface area (Å²) in [5.41, 5.74) is 0.933. The summed E-state index contributed by atoms with van der Waals surface area (Å²) in [6.45, 7) is 1.80. The van der Waals surface area contributed by atoms with Crippen LogP contribution in [0.1, 0.15) is 44.3 Å². The lowest BCUT2D eigenvalue weighted by Crippen LogP contribution is -2.01. The summed E-state index contributed by atoms with van der Waals surface area (Å²) in [5.74, 6) is 2.80. The molecule has 0 aliphatic heterocycles. The zero-order valence-corrected chi connectivity index (χ0v) is 12.0. The molecule has 0 amide bonds. The van der Waals surface area contributed by atoms with Gasteiger partial charge in [-0.2, -0.15) is 0 Å². The van der Waals surface area contributed by atoms with Crippen molar-refractivity contribution in [1.82, 2.24) is 0 Å². The van der Waals surface area contributed by atoms with Gasteiger partial charge < -0.3 is 9.84 Å². The third-order valence-corrected chi connectivity index (χ3v) is 4.92. The van der Waals surface area contributed by atoms with E-state index >= 15 is 0 Å². The molecule has 1 fully saturated rings. The molecule has 1 aromatic rings. The van der Waals surface area contributed by atoms with Gasteiger partial charge in [-0.25, -0.2) is 0 Å². The number of hydrogen-bond acceptors (Lipinski definition) is 3. The van der Waals surface area contributed by atoms with Crippen LogP contribution in [0, 0.1) is 5.92 Å². The van der Waals surface area contributed by atoms with Crippen LogP contribution in [-0.2, 0) is 0 Å². The summed E-state index contributed by atoms with van der Waals surface area (Å²) in [7, 11) is 1.66. The highest BCUT2D eigenvalue weighted by Crippen LogP contribution is 2.37. The fraction of sp³-hybridized carbons (Fsp3) is 0.600. The van der Waals surface area contributed by atoms with Gasteiger partial charge in [-0.05, 0) is 37.8 Å². The van der Waals surface area contributed by atoms with E-state index in [1.807, 2.05) is 23.9 Å². The second kappa shape index (κ2) is 6.48. The maximum atomic E-state index is 9.92. The van der Waals surface area contributed by atoms with E-state index in [-0.39, 0.29) is 0 Å². The van der Waals surface area contributed by atoms with Crippen LogP contribution in [0.5, 0.6) is 5.75 Å². The monoisotopic (exact) mass is 266 g/mol. The first-order chi connectivity index (χ1) is 8.72. The molecule has 18 heavy (non-hydrogen) atoms.